The maximum atomic E-state index is 11.9. The van der Waals surface area contributed by atoms with Gasteiger partial charge in [-0.3, -0.25) is 14.4 Å². The molecule has 0 aliphatic rings. The number of rotatable bonds is 8. The Labute approximate surface area is 159 Å². The fourth-order valence-electron chi connectivity index (χ4n) is 2.17. The Morgan fingerprint density at radius 3 is 2.62 bits per heavy atom. The monoisotopic (exact) mass is 421 g/mol. The van der Waals surface area contributed by atoms with Crippen molar-refractivity contribution in [2.45, 2.75) is 19.8 Å². The molecular weight excluding hydrogens is 402 g/mol. The zero-order valence-electron chi connectivity index (χ0n) is 14.3. The molecule has 0 spiro atoms. The van der Waals surface area contributed by atoms with Gasteiger partial charge in [0.2, 0.25) is 11.8 Å². The molecule has 3 N–H and O–H groups in total. The number of halogens is 1. The van der Waals surface area contributed by atoms with E-state index in [1.54, 1.807) is 18.2 Å². The molecule has 1 aromatic heterocycles. The molecule has 0 atom stereocenters. The average molecular weight is 422 g/mol. The van der Waals surface area contributed by atoms with Gasteiger partial charge >= 0.3 is 0 Å². The zero-order valence-corrected chi connectivity index (χ0v) is 15.9. The van der Waals surface area contributed by atoms with Gasteiger partial charge in [0.25, 0.3) is 5.91 Å². The third kappa shape index (κ3) is 6.36. The summed E-state index contributed by atoms with van der Waals surface area (Å²) in [5, 5.41) is 7.96. The minimum atomic E-state index is -0.320. The second-order valence-corrected chi connectivity index (χ2v) is 6.54. The van der Waals surface area contributed by atoms with Gasteiger partial charge in [0.1, 0.15) is 0 Å². The highest BCUT2D eigenvalue weighted by Gasteiger charge is 2.09. The topological polar surface area (TPSA) is 100 Å². The van der Waals surface area contributed by atoms with E-state index >= 15 is 0 Å². The number of carbonyl (C=O) groups excluding carboxylic acids is 3. The van der Waals surface area contributed by atoms with Gasteiger partial charge in [-0.25, -0.2) is 0 Å². The summed E-state index contributed by atoms with van der Waals surface area (Å²) in [5.74, 6) is -0.635. The summed E-state index contributed by atoms with van der Waals surface area (Å²) < 4.78 is 5.89. The summed E-state index contributed by atoms with van der Waals surface area (Å²) in [6.45, 7) is 2.13. The molecule has 2 rings (SSSR count). The van der Waals surface area contributed by atoms with E-state index in [4.69, 9.17) is 4.42 Å². The summed E-state index contributed by atoms with van der Waals surface area (Å²) in [7, 11) is 0. The Bertz CT molecular complexity index is 775. The SMILES string of the molecule is Cc1cc(Br)ccc1NC(=O)CNC(=O)CCCNC(=O)c1ccco1. The van der Waals surface area contributed by atoms with Crippen LogP contribution < -0.4 is 16.0 Å². The van der Waals surface area contributed by atoms with Gasteiger partial charge in [0, 0.05) is 23.1 Å². The Balaban J connectivity index is 1.62. The molecule has 26 heavy (non-hydrogen) atoms. The number of amides is 3. The van der Waals surface area contributed by atoms with E-state index in [1.807, 2.05) is 19.1 Å². The fourth-order valence-corrected chi connectivity index (χ4v) is 2.65. The number of hydrogen-bond acceptors (Lipinski definition) is 4. The molecule has 0 radical (unpaired) electrons. The van der Waals surface area contributed by atoms with Crippen LogP contribution in [0.2, 0.25) is 0 Å². The van der Waals surface area contributed by atoms with Gasteiger partial charge in [-0.2, -0.15) is 0 Å². The number of anilines is 1. The quantitative estimate of drug-likeness (QED) is 0.570. The maximum Gasteiger partial charge on any atom is 0.286 e. The highest BCUT2D eigenvalue weighted by molar-refractivity contribution is 9.10. The molecule has 8 heteroatoms. The largest absolute Gasteiger partial charge is 0.459 e. The minimum absolute atomic E-state index is 0.104. The first-order chi connectivity index (χ1) is 12.5. The van der Waals surface area contributed by atoms with Gasteiger partial charge in [-0.1, -0.05) is 15.9 Å². The summed E-state index contributed by atoms with van der Waals surface area (Å²) in [5.41, 5.74) is 1.62. The van der Waals surface area contributed by atoms with Gasteiger partial charge in [0.15, 0.2) is 5.76 Å². The molecule has 0 fully saturated rings. The summed E-state index contributed by atoms with van der Waals surface area (Å²) >= 11 is 3.36. The first-order valence-corrected chi connectivity index (χ1v) is 8.89. The van der Waals surface area contributed by atoms with Crippen molar-refractivity contribution < 1.29 is 18.8 Å². The average Bonchev–Trinajstić information content (AvgIpc) is 3.14. The molecule has 138 valence electrons. The molecular formula is C18H20BrN3O4. The van der Waals surface area contributed by atoms with Crippen molar-refractivity contribution in [1.29, 1.82) is 0 Å². The smallest absolute Gasteiger partial charge is 0.286 e. The van der Waals surface area contributed by atoms with Crippen molar-refractivity contribution in [2.24, 2.45) is 0 Å². The molecule has 7 nitrogen and oxygen atoms in total. The fraction of sp³-hybridized carbons (Fsp3) is 0.278. The van der Waals surface area contributed by atoms with Gasteiger partial charge in [-0.15, -0.1) is 0 Å². The number of carbonyl (C=O) groups is 3. The third-order valence-electron chi connectivity index (χ3n) is 3.52. The number of benzene rings is 1. The number of nitrogens with one attached hydrogen (secondary N) is 3. The molecule has 0 aliphatic carbocycles. The first kappa shape index (κ1) is 19.7. The first-order valence-electron chi connectivity index (χ1n) is 8.10. The van der Waals surface area contributed by atoms with Crippen LogP contribution in [0.15, 0.2) is 45.5 Å². The van der Waals surface area contributed by atoms with Gasteiger partial charge in [0.05, 0.1) is 12.8 Å². The van der Waals surface area contributed by atoms with Gasteiger partial charge in [-0.05, 0) is 49.2 Å². The lowest BCUT2D eigenvalue weighted by Crippen LogP contribution is -2.33. The maximum absolute atomic E-state index is 11.9. The summed E-state index contributed by atoms with van der Waals surface area (Å²) in [6, 6.07) is 8.71. The van der Waals surface area contributed by atoms with Crippen LogP contribution in [0.4, 0.5) is 5.69 Å². The lowest BCUT2D eigenvalue weighted by atomic mass is 10.2. The number of hydrogen-bond donors (Lipinski definition) is 3. The van der Waals surface area contributed by atoms with Crippen molar-refractivity contribution in [2.75, 3.05) is 18.4 Å². The van der Waals surface area contributed by atoms with E-state index in [0.29, 0.717) is 18.7 Å². The van der Waals surface area contributed by atoms with Crippen molar-refractivity contribution in [3.8, 4) is 0 Å². The van der Waals surface area contributed by atoms with Crippen molar-refractivity contribution in [3.05, 3.63) is 52.4 Å². The molecule has 3 amide bonds. The molecule has 0 aliphatic heterocycles. The molecule has 0 bridgehead atoms. The van der Waals surface area contributed by atoms with E-state index in [2.05, 4.69) is 31.9 Å². The van der Waals surface area contributed by atoms with E-state index in [9.17, 15) is 14.4 Å². The van der Waals surface area contributed by atoms with Crippen LogP contribution in [-0.2, 0) is 9.59 Å². The van der Waals surface area contributed by atoms with Crippen molar-refractivity contribution in [1.82, 2.24) is 10.6 Å². The van der Waals surface area contributed by atoms with Crippen LogP contribution in [-0.4, -0.2) is 30.8 Å². The standard InChI is InChI=1S/C18H20BrN3O4/c1-12-10-13(19)6-7-14(12)22-17(24)11-21-16(23)5-2-8-20-18(25)15-4-3-9-26-15/h3-4,6-7,9-10H,2,5,8,11H2,1H3,(H,20,25)(H,21,23)(H,22,24). The molecule has 1 aromatic carbocycles. The highest BCUT2D eigenvalue weighted by Crippen LogP contribution is 2.19. The van der Waals surface area contributed by atoms with E-state index in [0.717, 1.165) is 10.0 Å². The van der Waals surface area contributed by atoms with E-state index < -0.39 is 0 Å². The van der Waals surface area contributed by atoms with Crippen LogP contribution in [0.3, 0.4) is 0 Å². The van der Waals surface area contributed by atoms with Gasteiger partial charge < -0.3 is 20.4 Å². The molecule has 2 aromatic rings. The Morgan fingerprint density at radius 2 is 1.92 bits per heavy atom. The number of aryl methyl sites for hydroxylation is 1. The Morgan fingerprint density at radius 1 is 1.12 bits per heavy atom. The van der Waals surface area contributed by atoms with E-state index in [-0.39, 0.29) is 36.4 Å². The molecule has 1 heterocycles. The van der Waals surface area contributed by atoms with Crippen molar-refractivity contribution >= 4 is 39.3 Å². The lowest BCUT2D eigenvalue weighted by molar-refractivity contribution is -0.124. The second-order valence-electron chi connectivity index (χ2n) is 5.62. The predicted octanol–water partition coefficient (Wildman–Crippen LogP) is 2.62. The van der Waals surface area contributed by atoms with Crippen LogP contribution >= 0.6 is 15.9 Å². The number of furan rings is 1. The second kappa shape index (κ2) is 9.76. The normalized spacial score (nSPS) is 10.2. The van der Waals surface area contributed by atoms with Crippen LogP contribution in [0, 0.1) is 6.92 Å². The van der Waals surface area contributed by atoms with Crippen molar-refractivity contribution in [3.63, 3.8) is 0 Å². The molecule has 0 unspecified atom stereocenters. The summed E-state index contributed by atoms with van der Waals surface area (Å²) in [4.78, 5) is 35.3. The van der Waals surface area contributed by atoms with Crippen LogP contribution in [0.5, 0.6) is 0 Å². The summed E-state index contributed by atoms with van der Waals surface area (Å²) in [6.07, 6.45) is 2.10. The Kier molecular flexibility index (Phi) is 7.40. The van der Waals surface area contributed by atoms with Crippen LogP contribution in [0.1, 0.15) is 29.0 Å². The van der Waals surface area contributed by atoms with E-state index in [1.165, 1.54) is 6.26 Å². The Hall–Kier alpha value is -2.61. The predicted molar refractivity (Wildman–Crippen MR) is 101 cm³/mol. The zero-order chi connectivity index (χ0) is 18.9. The minimum Gasteiger partial charge on any atom is -0.459 e. The third-order valence-corrected chi connectivity index (χ3v) is 4.01. The lowest BCUT2D eigenvalue weighted by Gasteiger charge is -2.10. The molecule has 0 saturated carbocycles. The molecule has 0 saturated heterocycles. The highest BCUT2D eigenvalue weighted by atomic mass is 79.9. The van der Waals surface area contributed by atoms with Crippen LogP contribution in [0.25, 0.3) is 0 Å².